The Morgan fingerprint density at radius 2 is 2.11 bits per heavy atom. The largest absolute Gasteiger partial charge is 0.381 e. The van der Waals surface area contributed by atoms with Crippen LogP contribution in [0.4, 0.5) is 5.82 Å². The summed E-state index contributed by atoms with van der Waals surface area (Å²) in [6.07, 6.45) is 3.33. The average molecular weight is 361 g/mol. The third kappa shape index (κ3) is 3.54. The monoisotopic (exact) mass is 361 g/mol. The second kappa shape index (κ2) is 6.65. The van der Waals surface area contributed by atoms with Gasteiger partial charge < -0.3 is 10.1 Å². The Hall–Kier alpha value is -0.430. The van der Waals surface area contributed by atoms with E-state index >= 15 is 0 Å². The molecule has 0 amide bonds. The van der Waals surface area contributed by atoms with Crippen molar-refractivity contribution in [3.05, 3.63) is 15.1 Å². The summed E-state index contributed by atoms with van der Waals surface area (Å²) in [6, 6.07) is 0. The minimum absolute atomic E-state index is 0.656. The summed E-state index contributed by atoms with van der Waals surface area (Å²) in [5.41, 5.74) is 1.23. The van der Waals surface area contributed by atoms with Crippen molar-refractivity contribution < 1.29 is 4.74 Å². The van der Waals surface area contributed by atoms with Crippen LogP contribution in [0.2, 0.25) is 0 Å². The number of anilines is 1. The molecule has 1 fully saturated rings. The van der Waals surface area contributed by atoms with Crippen LogP contribution in [-0.2, 0) is 11.2 Å². The Labute approximate surface area is 122 Å². The third-order valence-corrected chi connectivity index (χ3v) is 3.97. The number of rotatable bonds is 7. The number of nitrogens with one attached hydrogen (secondary N) is 1. The highest BCUT2D eigenvalue weighted by Crippen LogP contribution is 2.42. The van der Waals surface area contributed by atoms with Gasteiger partial charge in [-0.1, -0.05) is 0 Å². The van der Waals surface area contributed by atoms with Crippen molar-refractivity contribution in [2.75, 3.05) is 25.1 Å². The normalized spacial score (nSPS) is 14.8. The first-order chi connectivity index (χ1) is 8.76. The van der Waals surface area contributed by atoms with Gasteiger partial charge in [-0.05, 0) is 49.3 Å². The molecule has 0 atom stereocenters. The van der Waals surface area contributed by atoms with E-state index in [1.54, 1.807) is 0 Å². The number of nitrogens with zero attached hydrogens (tertiary/aromatic N) is 2. The molecule has 18 heavy (non-hydrogen) atoms. The van der Waals surface area contributed by atoms with Crippen LogP contribution < -0.4 is 5.32 Å². The fourth-order valence-corrected chi connectivity index (χ4v) is 2.72. The van der Waals surface area contributed by atoms with Gasteiger partial charge in [-0.3, -0.25) is 0 Å². The Morgan fingerprint density at radius 1 is 1.33 bits per heavy atom. The summed E-state index contributed by atoms with van der Waals surface area (Å²) in [7, 11) is 0. The second-order valence-corrected chi connectivity index (χ2v) is 5.52. The maximum Gasteiger partial charge on any atom is 0.143 e. The first kappa shape index (κ1) is 14.0. The van der Waals surface area contributed by atoms with Crippen molar-refractivity contribution >= 4 is 28.4 Å². The molecule has 1 aromatic rings. The van der Waals surface area contributed by atoms with Gasteiger partial charge in [0, 0.05) is 25.5 Å². The molecule has 1 heterocycles. The van der Waals surface area contributed by atoms with E-state index in [4.69, 9.17) is 9.72 Å². The van der Waals surface area contributed by atoms with Gasteiger partial charge in [-0.2, -0.15) is 0 Å². The zero-order chi connectivity index (χ0) is 13.0. The molecular formula is C13H20IN3O. The predicted octanol–water partition coefficient (Wildman–Crippen LogP) is 2.97. The van der Waals surface area contributed by atoms with Crippen LogP contribution in [0.15, 0.2) is 0 Å². The van der Waals surface area contributed by atoms with Crippen LogP contribution in [-0.4, -0.2) is 29.7 Å². The second-order valence-electron chi connectivity index (χ2n) is 4.44. The lowest BCUT2D eigenvalue weighted by atomic mass is 10.2. The summed E-state index contributed by atoms with van der Waals surface area (Å²) in [4.78, 5) is 9.31. The third-order valence-electron chi connectivity index (χ3n) is 2.91. The van der Waals surface area contributed by atoms with Crippen LogP contribution in [0, 0.1) is 3.57 Å². The molecule has 0 aromatic carbocycles. The van der Waals surface area contributed by atoms with Gasteiger partial charge in [-0.25, -0.2) is 9.97 Å². The number of hydrogen-bond acceptors (Lipinski definition) is 4. The van der Waals surface area contributed by atoms with Crippen molar-refractivity contribution in [3.63, 3.8) is 0 Å². The maximum absolute atomic E-state index is 5.38. The first-order valence-corrected chi connectivity index (χ1v) is 7.72. The van der Waals surface area contributed by atoms with E-state index in [0.717, 1.165) is 31.2 Å². The van der Waals surface area contributed by atoms with E-state index in [-0.39, 0.29) is 0 Å². The SMILES string of the molecule is CCNc1nc(CCOCC)nc(C2CC2)c1I. The molecule has 0 spiro atoms. The lowest BCUT2D eigenvalue weighted by Crippen LogP contribution is -2.11. The topological polar surface area (TPSA) is 47.0 Å². The van der Waals surface area contributed by atoms with Crippen LogP contribution >= 0.6 is 22.6 Å². The quantitative estimate of drug-likeness (QED) is 0.599. The van der Waals surface area contributed by atoms with Crippen LogP contribution in [0.3, 0.4) is 0 Å². The van der Waals surface area contributed by atoms with E-state index < -0.39 is 0 Å². The van der Waals surface area contributed by atoms with E-state index in [1.165, 1.54) is 22.1 Å². The summed E-state index contributed by atoms with van der Waals surface area (Å²) < 4.78 is 6.57. The van der Waals surface area contributed by atoms with E-state index in [1.807, 2.05) is 6.92 Å². The molecule has 4 nitrogen and oxygen atoms in total. The van der Waals surface area contributed by atoms with Gasteiger partial charge in [0.15, 0.2) is 0 Å². The fraction of sp³-hybridized carbons (Fsp3) is 0.692. The van der Waals surface area contributed by atoms with Gasteiger partial charge in [0.25, 0.3) is 0 Å². The molecule has 0 aliphatic heterocycles. The molecule has 1 N–H and O–H groups in total. The zero-order valence-corrected chi connectivity index (χ0v) is 13.2. The van der Waals surface area contributed by atoms with Crippen molar-refractivity contribution in [1.29, 1.82) is 0 Å². The fourth-order valence-electron chi connectivity index (χ4n) is 1.84. The summed E-state index contributed by atoms with van der Waals surface area (Å²) in [5.74, 6) is 2.55. The van der Waals surface area contributed by atoms with E-state index in [9.17, 15) is 0 Å². The van der Waals surface area contributed by atoms with Gasteiger partial charge in [-0.15, -0.1) is 0 Å². The Kier molecular flexibility index (Phi) is 5.17. The maximum atomic E-state index is 5.38. The van der Waals surface area contributed by atoms with Crippen LogP contribution in [0.1, 0.15) is 44.1 Å². The molecule has 0 unspecified atom stereocenters. The van der Waals surface area contributed by atoms with E-state index in [0.29, 0.717) is 12.5 Å². The lowest BCUT2D eigenvalue weighted by Gasteiger charge is -2.11. The molecule has 1 saturated carbocycles. The Morgan fingerprint density at radius 3 is 2.72 bits per heavy atom. The molecular weight excluding hydrogens is 341 g/mol. The standard InChI is InChI=1S/C13H20IN3O/c1-3-15-13-11(14)12(9-5-6-9)16-10(17-13)7-8-18-4-2/h9H,3-8H2,1-2H3,(H,15,16,17). The molecule has 5 heteroatoms. The van der Waals surface area contributed by atoms with Crippen molar-refractivity contribution in [3.8, 4) is 0 Å². The van der Waals surface area contributed by atoms with Gasteiger partial charge in [0.05, 0.1) is 15.9 Å². The first-order valence-electron chi connectivity index (χ1n) is 6.64. The highest BCUT2D eigenvalue weighted by molar-refractivity contribution is 14.1. The molecule has 100 valence electrons. The highest BCUT2D eigenvalue weighted by atomic mass is 127. The van der Waals surface area contributed by atoms with Crippen LogP contribution in [0.5, 0.6) is 0 Å². The van der Waals surface area contributed by atoms with Gasteiger partial charge in [0.2, 0.25) is 0 Å². The molecule has 0 saturated heterocycles. The summed E-state index contributed by atoms with van der Waals surface area (Å²) in [5, 5.41) is 3.33. The zero-order valence-electron chi connectivity index (χ0n) is 11.0. The molecule has 1 aliphatic carbocycles. The van der Waals surface area contributed by atoms with Crippen molar-refractivity contribution in [1.82, 2.24) is 9.97 Å². The van der Waals surface area contributed by atoms with Crippen molar-refractivity contribution in [2.24, 2.45) is 0 Å². The molecule has 1 aliphatic rings. The Balaban J connectivity index is 2.18. The summed E-state index contributed by atoms with van der Waals surface area (Å²) >= 11 is 2.36. The van der Waals surface area contributed by atoms with Gasteiger partial charge >= 0.3 is 0 Å². The van der Waals surface area contributed by atoms with Crippen molar-refractivity contribution in [2.45, 2.75) is 39.0 Å². The smallest absolute Gasteiger partial charge is 0.143 e. The minimum atomic E-state index is 0.656. The number of hydrogen-bond donors (Lipinski definition) is 1. The average Bonchev–Trinajstić information content (AvgIpc) is 3.17. The number of aromatic nitrogens is 2. The minimum Gasteiger partial charge on any atom is -0.381 e. The Bertz CT molecular complexity index is 407. The lowest BCUT2D eigenvalue weighted by molar-refractivity contribution is 0.149. The molecule has 1 aromatic heterocycles. The van der Waals surface area contributed by atoms with E-state index in [2.05, 4.69) is 39.8 Å². The molecule has 0 bridgehead atoms. The molecule has 0 radical (unpaired) electrons. The van der Waals surface area contributed by atoms with Crippen LogP contribution in [0.25, 0.3) is 0 Å². The number of ether oxygens (including phenoxy) is 1. The molecule has 2 rings (SSSR count). The van der Waals surface area contributed by atoms with Gasteiger partial charge in [0.1, 0.15) is 11.6 Å². The number of halogens is 1. The highest BCUT2D eigenvalue weighted by Gasteiger charge is 2.29. The summed E-state index contributed by atoms with van der Waals surface area (Å²) in [6.45, 7) is 6.44. The predicted molar refractivity (Wildman–Crippen MR) is 81.1 cm³/mol.